The molecule has 108 valence electrons. The molecule has 1 amide bonds. The number of nitrogens with one attached hydrogen (secondary N) is 1. The predicted octanol–water partition coefficient (Wildman–Crippen LogP) is 2.32. The molecule has 5 heteroatoms. The van der Waals surface area contributed by atoms with Gasteiger partial charge in [0.1, 0.15) is 12.4 Å². The number of carbonyl (C=O) groups excluding carboxylic acids is 1. The Kier molecular flexibility index (Phi) is 4.56. The minimum atomic E-state index is -0.992. The Bertz CT molecular complexity index is 667. The molecule has 0 aliphatic carbocycles. The van der Waals surface area contributed by atoms with Gasteiger partial charge >= 0.3 is 5.97 Å². The highest BCUT2D eigenvalue weighted by molar-refractivity contribution is 5.94. The topological polar surface area (TPSA) is 75.6 Å². The normalized spacial score (nSPS) is 9.95. The first-order chi connectivity index (χ1) is 10.1. The fraction of sp³-hybridized carbons (Fsp3) is 0.125. The first kappa shape index (κ1) is 14.6. The van der Waals surface area contributed by atoms with Gasteiger partial charge in [-0.05, 0) is 24.3 Å². The third-order valence-electron chi connectivity index (χ3n) is 2.97. The van der Waals surface area contributed by atoms with Gasteiger partial charge in [-0.25, -0.2) is 4.79 Å². The standard InChI is InChI=1S/C16H15NO4/c1-17-15(18)11-6-4-7-13(9-11)21-10-12-5-2-3-8-14(12)16(19)20/h2-9H,10H2,1H3,(H,17,18)(H,19,20). The zero-order valence-electron chi connectivity index (χ0n) is 11.5. The molecule has 0 atom stereocenters. The monoisotopic (exact) mass is 285 g/mol. The Balaban J connectivity index is 2.14. The van der Waals surface area contributed by atoms with Crippen LogP contribution in [0.4, 0.5) is 0 Å². The van der Waals surface area contributed by atoms with Crippen LogP contribution < -0.4 is 10.1 Å². The quantitative estimate of drug-likeness (QED) is 0.884. The summed E-state index contributed by atoms with van der Waals surface area (Å²) in [6.07, 6.45) is 0. The van der Waals surface area contributed by atoms with Crippen LogP contribution in [0.1, 0.15) is 26.3 Å². The number of hydrogen-bond donors (Lipinski definition) is 2. The van der Waals surface area contributed by atoms with Gasteiger partial charge in [0.25, 0.3) is 5.91 Å². The van der Waals surface area contributed by atoms with Crippen molar-refractivity contribution in [2.45, 2.75) is 6.61 Å². The van der Waals surface area contributed by atoms with Crippen LogP contribution in [0.25, 0.3) is 0 Å². The molecular weight excluding hydrogens is 270 g/mol. The molecule has 0 unspecified atom stereocenters. The molecule has 0 spiro atoms. The van der Waals surface area contributed by atoms with Crippen LogP contribution in [-0.4, -0.2) is 24.0 Å². The van der Waals surface area contributed by atoms with Crippen LogP contribution in [0.3, 0.4) is 0 Å². The molecule has 0 aliphatic rings. The first-order valence-electron chi connectivity index (χ1n) is 6.38. The van der Waals surface area contributed by atoms with Crippen LogP contribution in [0.2, 0.25) is 0 Å². The summed E-state index contributed by atoms with van der Waals surface area (Å²) >= 11 is 0. The Morgan fingerprint density at radius 2 is 1.90 bits per heavy atom. The second-order valence-corrected chi connectivity index (χ2v) is 4.36. The number of hydrogen-bond acceptors (Lipinski definition) is 3. The van der Waals surface area contributed by atoms with Crippen molar-refractivity contribution in [3.63, 3.8) is 0 Å². The van der Waals surface area contributed by atoms with Gasteiger partial charge in [-0.2, -0.15) is 0 Å². The lowest BCUT2D eigenvalue weighted by atomic mass is 10.1. The Morgan fingerprint density at radius 1 is 1.14 bits per heavy atom. The highest BCUT2D eigenvalue weighted by Crippen LogP contribution is 2.17. The third kappa shape index (κ3) is 3.60. The second-order valence-electron chi connectivity index (χ2n) is 4.36. The van der Waals surface area contributed by atoms with Crippen molar-refractivity contribution in [3.8, 4) is 5.75 Å². The fourth-order valence-corrected chi connectivity index (χ4v) is 1.89. The zero-order valence-corrected chi connectivity index (χ0v) is 11.5. The first-order valence-corrected chi connectivity index (χ1v) is 6.38. The maximum absolute atomic E-state index is 11.5. The van der Waals surface area contributed by atoms with Crippen molar-refractivity contribution >= 4 is 11.9 Å². The second kappa shape index (κ2) is 6.56. The Hall–Kier alpha value is -2.82. The summed E-state index contributed by atoms with van der Waals surface area (Å²) in [4.78, 5) is 22.6. The minimum absolute atomic E-state index is 0.125. The van der Waals surface area contributed by atoms with Crippen molar-refractivity contribution in [2.75, 3.05) is 7.05 Å². The van der Waals surface area contributed by atoms with Crippen LogP contribution in [0.15, 0.2) is 48.5 Å². The number of carboxylic acid groups (broad SMARTS) is 1. The summed E-state index contributed by atoms with van der Waals surface area (Å²) in [5.41, 5.74) is 1.27. The van der Waals surface area contributed by atoms with Crippen molar-refractivity contribution in [2.24, 2.45) is 0 Å². The van der Waals surface area contributed by atoms with Crippen molar-refractivity contribution in [1.29, 1.82) is 0 Å². The van der Waals surface area contributed by atoms with E-state index in [-0.39, 0.29) is 18.1 Å². The molecule has 5 nitrogen and oxygen atoms in total. The van der Waals surface area contributed by atoms with E-state index in [2.05, 4.69) is 5.32 Å². The van der Waals surface area contributed by atoms with Crippen LogP contribution in [0.5, 0.6) is 5.75 Å². The van der Waals surface area contributed by atoms with Gasteiger partial charge in [0.05, 0.1) is 5.56 Å². The molecule has 2 aromatic rings. The maximum atomic E-state index is 11.5. The molecule has 0 bridgehead atoms. The molecule has 0 heterocycles. The lowest BCUT2D eigenvalue weighted by Crippen LogP contribution is -2.17. The summed E-state index contributed by atoms with van der Waals surface area (Å²) in [6, 6.07) is 13.4. The molecule has 0 aliphatic heterocycles. The van der Waals surface area contributed by atoms with Gasteiger partial charge < -0.3 is 15.2 Å². The van der Waals surface area contributed by atoms with E-state index in [4.69, 9.17) is 9.84 Å². The third-order valence-corrected chi connectivity index (χ3v) is 2.97. The van der Waals surface area contributed by atoms with E-state index in [1.165, 1.54) is 6.07 Å². The number of amides is 1. The number of ether oxygens (including phenoxy) is 1. The highest BCUT2D eigenvalue weighted by atomic mass is 16.5. The van der Waals surface area contributed by atoms with E-state index in [1.807, 2.05) is 0 Å². The summed E-state index contributed by atoms with van der Waals surface area (Å²) in [5.74, 6) is -0.684. The number of rotatable bonds is 5. The van der Waals surface area contributed by atoms with E-state index in [9.17, 15) is 9.59 Å². The van der Waals surface area contributed by atoms with E-state index >= 15 is 0 Å². The SMILES string of the molecule is CNC(=O)c1cccc(OCc2ccccc2C(=O)O)c1. The van der Waals surface area contributed by atoms with E-state index in [0.717, 1.165) is 0 Å². The van der Waals surface area contributed by atoms with Crippen molar-refractivity contribution < 1.29 is 19.4 Å². The van der Waals surface area contributed by atoms with Gasteiger partial charge in [-0.15, -0.1) is 0 Å². The average molecular weight is 285 g/mol. The number of carbonyl (C=O) groups is 2. The van der Waals surface area contributed by atoms with E-state index in [1.54, 1.807) is 49.5 Å². The molecule has 21 heavy (non-hydrogen) atoms. The minimum Gasteiger partial charge on any atom is -0.489 e. The molecule has 0 radical (unpaired) electrons. The van der Waals surface area contributed by atoms with Gasteiger partial charge in [0.2, 0.25) is 0 Å². The van der Waals surface area contributed by atoms with Gasteiger partial charge in [-0.1, -0.05) is 24.3 Å². The summed E-state index contributed by atoms with van der Waals surface area (Å²) < 4.78 is 5.57. The van der Waals surface area contributed by atoms with E-state index < -0.39 is 5.97 Å². The summed E-state index contributed by atoms with van der Waals surface area (Å²) in [6.45, 7) is 0.125. The van der Waals surface area contributed by atoms with Crippen molar-refractivity contribution in [1.82, 2.24) is 5.32 Å². The fourth-order valence-electron chi connectivity index (χ4n) is 1.89. The Morgan fingerprint density at radius 3 is 2.62 bits per heavy atom. The average Bonchev–Trinajstić information content (AvgIpc) is 2.52. The highest BCUT2D eigenvalue weighted by Gasteiger charge is 2.10. The Labute approximate surface area is 122 Å². The number of aromatic carboxylic acids is 1. The summed E-state index contributed by atoms with van der Waals surface area (Å²) in [5, 5.41) is 11.6. The largest absolute Gasteiger partial charge is 0.489 e. The maximum Gasteiger partial charge on any atom is 0.336 e. The van der Waals surface area contributed by atoms with E-state index in [0.29, 0.717) is 16.9 Å². The van der Waals surface area contributed by atoms with Gasteiger partial charge in [0.15, 0.2) is 0 Å². The summed E-state index contributed by atoms with van der Waals surface area (Å²) in [7, 11) is 1.55. The molecule has 0 aromatic heterocycles. The molecule has 2 N–H and O–H groups in total. The van der Waals surface area contributed by atoms with Gasteiger partial charge in [-0.3, -0.25) is 4.79 Å². The smallest absolute Gasteiger partial charge is 0.336 e. The zero-order chi connectivity index (χ0) is 15.2. The molecule has 0 saturated carbocycles. The van der Waals surface area contributed by atoms with Crippen LogP contribution in [0, 0.1) is 0 Å². The molecule has 0 saturated heterocycles. The predicted molar refractivity (Wildman–Crippen MR) is 77.6 cm³/mol. The lowest BCUT2D eigenvalue weighted by Gasteiger charge is -2.09. The molecule has 0 fully saturated rings. The molecule has 2 aromatic carbocycles. The molecular formula is C16H15NO4. The van der Waals surface area contributed by atoms with Crippen LogP contribution >= 0.6 is 0 Å². The van der Waals surface area contributed by atoms with Crippen molar-refractivity contribution in [3.05, 3.63) is 65.2 Å². The number of benzene rings is 2. The lowest BCUT2D eigenvalue weighted by molar-refractivity contribution is 0.0693. The van der Waals surface area contributed by atoms with Crippen LogP contribution in [-0.2, 0) is 6.61 Å². The number of carboxylic acids is 1. The van der Waals surface area contributed by atoms with Gasteiger partial charge in [0, 0.05) is 18.2 Å². The molecule has 2 rings (SSSR count).